The number of piperidine rings is 1. The van der Waals surface area contributed by atoms with E-state index in [9.17, 15) is 36.0 Å². The van der Waals surface area contributed by atoms with Crippen LogP contribution in [0.3, 0.4) is 0 Å². The van der Waals surface area contributed by atoms with Gasteiger partial charge >= 0.3 is 18.2 Å². The van der Waals surface area contributed by atoms with Gasteiger partial charge in [0.2, 0.25) is 10.0 Å². The molecule has 1 aromatic rings. The van der Waals surface area contributed by atoms with Gasteiger partial charge in [-0.1, -0.05) is 12.1 Å². The lowest BCUT2D eigenvalue weighted by atomic mass is 9.98. The summed E-state index contributed by atoms with van der Waals surface area (Å²) in [6.45, 7) is 0.830. The number of benzene rings is 1. The largest absolute Gasteiger partial charge is 0.452 e. The minimum absolute atomic E-state index is 0.00356. The molecule has 1 saturated heterocycles. The van der Waals surface area contributed by atoms with E-state index in [2.05, 4.69) is 0 Å². The molecule has 13 heteroatoms. The van der Waals surface area contributed by atoms with E-state index in [0.29, 0.717) is 6.07 Å². The van der Waals surface area contributed by atoms with Gasteiger partial charge in [-0.2, -0.15) is 17.5 Å². The molecular weight excluding hydrogens is 431 g/mol. The molecular formula is C17H20F3N3O6S. The molecule has 0 saturated carbocycles. The molecule has 3 amide bonds. The van der Waals surface area contributed by atoms with Crippen LogP contribution in [-0.4, -0.2) is 49.8 Å². The highest BCUT2D eigenvalue weighted by atomic mass is 32.2. The number of hydrogen-bond donors (Lipinski definition) is 2. The molecule has 3 N–H and O–H groups in total. The van der Waals surface area contributed by atoms with Crippen LogP contribution in [0.2, 0.25) is 0 Å². The van der Waals surface area contributed by atoms with Gasteiger partial charge in [-0.25, -0.2) is 13.2 Å². The molecule has 0 radical (unpaired) electrons. The molecule has 1 aliphatic heterocycles. The van der Waals surface area contributed by atoms with Crippen LogP contribution in [0.15, 0.2) is 29.2 Å². The Balaban J connectivity index is 2.04. The summed E-state index contributed by atoms with van der Waals surface area (Å²) < 4.78 is 70.8. The van der Waals surface area contributed by atoms with Gasteiger partial charge in [-0.05, 0) is 31.9 Å². The molecule has 0 spiro atoms. The second kappa shape index (κ2) is 9.00. The minimum atomic E-state index is -4.84. The Hall–Kier alpha value is -2.67. The second-order valence-electron chi connectivity index (χ2n) is 6.60. The van der Waals surface area contributed by atoms with E-state index < -0.39 is 56.6 Å². The predicted molar refractivity (Wildman–Crippen MR) is 96.2 cm³/mol. The van der Waals surface area contributed by atoms with Crippen LogP contribution in [0.4, 0.5) is 18.0 Å². The zero-order valence-corrected chi connectivity index (χ0v) is 16.6. The van der Waals surface area contributed by atoms with E-state index in [-0.39, 0.29) is 25.9 Å². The molecule has 1 heterocycles. The van der Waals surface area contributed by atoms with Gasteiger partial charge in [0.05, 0.1) is 16.4 Å². The summed E-state index contributed by atoms with van der Waals surface area (Å²) in [5, 5.41) is 1.76. The van der Waals surface area contributed by atoms with Crippen molar-refractivity contribution < 1.29 is 40.7 Å². The number of carbonyl (C=O) groups excluding carboxylic acids is 3. The maximum Gasteiger partial charge on any atom is 0.417 e. The third kappa shape index (κ3) is 5.48. The summed E-state index contributed by atoms with van der Waals surface area (Å²) in [6, 6.07) is 2.76. The fourth-order valence-corrected chi connectivity index (χ4v) is 4.63. The zero-order valence-electron chi connectivity index (χ0n) is 15.8. The number of primary amides is 1. The Kier molecular flexibility index (Phi) is 7.08. The van der Waals surface area contributed by atoms with Crippen molar-refractivity contribution in [2.45, 2.75) is 36.9 Å². The third-order valence-corrected chi connectivity index (χ3v) is 6.46. The number of nitrogens with one attached hydrogen (secondary N) is 1. The quantitative estimate of drug-likeness (QED) is 0.647. The Morgan fingerprint density at radius 3 is 2.30 bits per heavy atom. The molecule has 1 atom stereocenters. The summed E-state index contributed by atoms with van der Waals surface area (Å²) in [5.41, 5.74) is 3.54. The number of esters is 1. The lowest BCUT2D eigenvalue weighted by Gasteiger charge is -2.31. The molecule has 1 aliphatic rings. The number of imide groups is 1. The van der Waals surface area contributed by atoms with E-state index in [1.165, 1.54) is 13.0 Å². The highest BCUT2D eigenvalue weighted by Gasteiger charge is 2.40. The number of sulfonamides is 1. The summed E-state index contributed by atoms with van der Waals surface area (Å²) in [6.07, 6.45) is -6.15. The summed E-state index contributed by atoms with van der Waals surface area (Å²) in [7, 11) is -4.43. The second-order valence-corrected chi connectivity index (χ2v) is 8.51. The van der Waals surface area contributed by atoms with Crippen molar-refractivity contribution in [1.82, 2.24) is 9.62 Å². The maximum absolute atomic E-state index is 13.2. The van der Waals surface area contributed by atoms with Crippen LogP contribution < -0.4 is 11.1 Å². The van der Waals surface area contributed by atoms with Crippen molar-refractivity contribution in [3.63, 3.8) is 0 Å². The zero-order chi connectivity index (χ0) is 22.7. The van der Waals surface area contributed by atoms with Gasteiger partial charge < -0.3 is 10.5 Å². The number of carbonyl (C=O) groups is 3. The Bertz CT molecular complexity index is 927. The van der Waals surface area contributed by atoms with Gasteiger partial charge in [0.1, 0.15) is 0 Å². The topological polar surface area (TPSA) is 136 Å². The highest BCUT2D eigenvalue weighted by molar-refractivity contribution is 7.89. The highest BCUT2D eigenvalue weighted by Crippen LogP contribution is 2.36. The van der Waals surface area contributed by atoms with Gasteiger partial charge in [0.15, 0.2) is 6.10 Å². The van der Waals surface area contributed by atoms with Gasteiger partial charge in [-0.15, -0.1) is 0 Å². The van der Waals surface area contributed by atoms with Crippen LogP contribution in [0.1, 0.15) is 25.3 Å². The van der Waals surface area contributed by atoms with Crippen molar-refractivity contribution >= 4 is 27.9 Å². The molecule has 9 nitrogen and oxygen atoms in total. The number of hydrogen-bond acceptors (Lipinski definition) is 6. The van der Waals surface area contributed by atoms with Crippen molar-refractivity contribution in [2.24, 2.45) is 11.7 Å². The number of alkyl halides is 3. The summed E-state index contributed by atoms with van der Waals surface area (Å²) in [5.74, 6) is -2.45. The first-order valence-electron chi connectivity index (χ1n) is 8.81. The molecule has 30 heavy (non-hydrogen) atoms. The number of ether oxygens (including phenoxy) is 1. The molecule has 1 aromatic carbocycles. The first kappa shape index (κ1) is 23.6. The molecule has 0 bridgehead atoms. The number of urea groups is 1. The van der Waals surface area contributed by atoms with Crippen molar-refractivity contribution in [1.29, 1.82) is 0 Å². The van der Waals surface area contributed by atoms with E-state index in [1.807, 2.05) is 0 Å². The van der Waals surface area contributed by atoms with Crippen molar-refractivity contribution in [3.8, 4) is 0 Å². The van der Waals surface area contributed by atoms with E-state index >= 15 is 0 Å². The molecule has 166 valence electrons. The first-order valence-corrected chi connectivity index (χ1v) is 10.2. The van der Waals surface area contributed by atoms with Gasteiger partial charge in [-0.3, -0.25) is 14.9 Å². The minimum Gasteiger partial charge on any atom is -0.452 e. The van der Waals surface area contributed by atoms with Crippen molar-refractivity contribution in [2.75, 3.05) is 13.1 Å². The predicted octanol–water partition coefficient (Wildman–Crippen LogP) is 1.23. The average molecular weight is 451 g/mol. The lowest BCUT2D eigenvalue weighted by molar-refractivity contribution is -0.159. The third-order valence-electron chi connectivity index (χ3n) is 4.51. The Morgan fingerprint density at radius 1 is 1.20 bits per heavy atom. The van der Waals surface area contributed by atoms with Crippen molar-refractivity contribution in [3.05, 3.63) is 29.8 Å². The Morgan fingerprint density at radius 2 is 1.77 bits per heavy atom. The smallest absolute Gasteiger partial charge is 0.417 e. The molecule has 0 aliphatic carbocycles. The van der Waals surface area contributed by atoms with Crippen LogP contribution in [0.25, 0.3) is 0 Å². The standard InChI is InChI=1S/C17H20F3N3O6S/c1-10(14(24)22-16(21)26)29-15(25)11-6-8-23(9-7-11)30(27,28)13-5-3-2-4-12(13)17(18,19)20/h2-5,10-11H,6-9H2,1H3,(H3,21,22,24,26). The van der Waals surface area contributed by atoms with E-state index in [4.69, 9.17) is 10.5 Å². The summed E-state index contributed by atoms with van der Waals surface area (Å²) in [4.78, 5) is 33.5. The van der Waals surface area contributed by atoms with Crippen LogP contribution in [0.5, 0.6) is 0 Å². The van der Waals surface area contributed by atoms with E-state index in [0.717, 1.165) is 16.4 Å². The average Bonchev–Trinajstić information content (AvgIpc) is 2.66. The van der Waals surface area contributed by atoms with Gasteiger partial charge in [0.25, 0.3) is 5.91 Å². The monoisotopic (exact) mass is 451 g/mol. The van der Waals surface area contributed by atoms with Crippen LogP contribution in [0, 0.1) is 5.92 Å². The number of nitrogens with two attached hydrogens (primary N) is 1. The molecule has 2 rings (SSSR count). The summed E-state index contributed by atoms with van der Waals surface area (Å²) >= 11 is 0. The number of amides is 3. The number of rotatable bonds is 5. The van der Waals surface area contributed by atoms with Crippen LogP contribution >= 0.6 is 0 Å². The SMILES string of the molecule is CC(OC(=O)C1CCN(S(=O)(=O)c2ccccc2C(F)(F)F)CC1)C(=O)NC(N)=O. The normalized spacial score (nSPS) is 17.2. The van der Waals surface area contributed by atoms with E-state index in [1.54, 1.807) is 5.32 Å². The molecule has 1 unspecified atom stereocenters. The lowest BCUT2D eigenvalue weighted by Crippen LogP contribution is -2.44. The van der Waals surface area contributed by atoms with Crippen LogP contribution in [-0.2, 0) is 30.5 Å². The maximum atomic E-state index is 13.2. The number of halogens is 3. The fourth-order valence-electron chi connectivity index (χ4n) is 2.94. The van der Waals surface area contributed by atoms with Gasteiger partial charge in [0, 0.05) is 13.1 Å². The number of nitrogens with zero attached hydrogens (tertiary/aromatic N) is 1. The Labute approximate surface area is 170 Å². The molecule has 0 aromatic heterocycles. The first-order chi connectivity index (χ1) is 13.8. The molecule has 1 fully saturated rings. The fraction of sp³-hybridized carbons (Fsp3) is 0.471.